The molecule has 0 bridgehead atoms. The predicted octanol–water partition coefficient (Wildman–Crippen LogP) is 33.6. The smallest absolute Gasteiger partial charge is 0.136 e. The molecule has 0 saturated heterocycles. The van der Waals surface area contributed by atoms with Crippen molar-refractivity contribution in [1.29, 1.82) is 0 Å². The van der Waals surface area contributed by atoms with Crippen molar-refractivity contribution in [1.82, 2.24) is 0 Å². The number of halogens is 1. The average molecular weight is 1690 g/mol. The number of para-hydroxylation sites is 2. The first-order chi connectivity index (χ1) is 62.9. The fourth-order valence-electron chi connectivity index (χ4n) is 19.6. The van der Waals surface area contributed by atoms with Gasteiger partial charge in [-0.2, -0.15) is 0 Å². The number of nitrogens with zero attached hydrogens (tertiary/aromatic N) is 1. The minimum Gasteiger partial charge on any atom is -0.456 e. The lowest BCUT2D eigenvalue weighted by atomic mass is 9.68. The molecular formula is C122H83BrN2O2. The largest absolute Gasteiger partial charge is 0.456 e. The number of rotatable bonds is 15. The molecule has 2 aliphatic rings. The van der Waals surface area contributed by atoms with E-state index in [1.165, 1.54) is 111 Å². The number of furan rings is 2. The Morgan fingerprint density at radius 2 is 0.504 bits per heavy atom. The van der Waals surface area contributed by atoms with Crippen molar-refractivity contribution in [2.45, 2.75) is 10.8 Å². The maximum absolute atomic E-state index is 6.30. The summed E-state index contributed by atoms with van der Waals surface area (Å²) in [5, 5.41) is 8.36. The predicted molar refractivity (Wildman–Crippen MR) is 533 cm³/mol. The summed E-state index contributed by atoms with van der Waals surface area (Å²) in [5.41, 5.74) is 37.7. The Labute approximate surface area is 748 Å². The van der Waals surface area contributed by atoms with Crippen molar-refractivity contribution >= 4 is 88.2 Å². The van der Waals surface area contributed by atoms with Crippen molar-refractivity contribution in [2.75, 3.05) is 10.2 Å². The molecule has 600 valence electrons. The number of fused-ring (bicyclic) bond motifs is 12. The lowest BCUT2D eigenvalue weighted by Crippen LogP contribution is -2.28. The van der Waals surface area contributed by atoms with Gasteiger partial charge < -0.3 is 19.1 Å². The molecule has 1 N–H and O–H groups in total. The maximum Gasteiger partial charge on any atom is 0.136 e. The lowest BCUT2D eigenvalue weighted by Gasteiger charge is -2.34. The molecule has 0 fully saturated rings. The van der Waals surface area contributed by atoms with Gasteiger partial charge in [0.2, 0.25) is 0 Å². The van der Waals surface area contributed by atoms with Crippen LogP contribution >= 0.6 is 15.9 Å². The highest BCUT2D eigenvalue weighted by Crippen LogP contribution is 2.61. The summed E-state index contributed by atoms with van der Waals surface area (Å²) in [4.78, 5) is 2.44. The molecule has 5 heteroatoms. The van der Waals surface area contributed by atoms with Crippen LogP contribution in [0.5, 0.6) is 0 Å². The first kappa shape index (κ1) is 77.2. The van der Waals surface area contributed by atoms with Gasteiger partial charge in [0.1, 0.15) is 22.3 Å². The zero-order valence-corrected chi connectivity index (χ0v) is 71.1. The molecule has 0 unspecified atom stereocenters. The van der Waals surface area contributed by atoms with Gasteiger partial charge in [-0.25, -0.2) is 0 Å². The van der Waals surface area contributed by atoms with Crippen LogP contribution in [-0.4, -0.2) is 0 Å². The number of benzene rings is 20. The summed E-state index contributed by atoms with van der Waals surface area (Å²) in [6, 6.07) is 179. The summed E-state index contributed by atoms with van der Waals surface area (Å²) in [5.74, 6) is 0. The van der Waals surface area contributed by atoms with Gasteiger partial charge in [-0.1, -0.05) is 416 Å². The van der Waals surface area contributed by atoms with Crippen LogP contribution in [0.3, 0.4) is 0 Å². The Balaban J connectivity index is 0.000000129. The molecule has 0 aliphatic heterocycles. The summed E-state index contributed by atoms with van der Waals surface area (Å²) in [6.45, 7) is 0. The molecule has 127 heavy (non-hydrogen) atoms. The van der Waals surface area contributed by atoms with Gasteiger partial charge in [0.25, 0.3) is 0 Å². The molecule has 4 nitrogen and oxygen atoms in total. The molecule has 22 aromatic rings. The van der Waals surface area contributed by atoms with Crippen molar-refractivity contribution in [3.05, 3.63) is 546 Å². The minimum atomic E-state index is -0.509. The van der Waals surface area contributed by atoms with E-state index in [1.807, 2.05) is 30.3 Å². The van der Waals surface area contributed by atoms with Crippen LogP contribution < -0.4 is 10.2 Å². The minimum absolute atomic E-state index is 0.411. The van der Waals surface area contributed by atoms with Crippen LogP contribution in [0.4, 0.5) is 28.4 Å². The van der Waals surface area contributed by atoms with E-state index >= 15 is 0 Å². The van der Waals surface area contributed by atoms with Crippen molar-refractivity contribution in [3.8, 4) is 89.0 Å². The van der Waals surface area contributed by atoms with E-state index in [0.717, 1.165) is 99.0 Å². The molecule has 24 rings (SSSR count). The molecule has 0 amide bonds. The highest BCUT2D eigenvalue weighted by molar-refractivity contribution is 9.10. The number of nitrogens with one attached hydrogen (secondary N) is 1. The Morgan fingerprint density at radius 3 is 0.921 bits per heavy atom. The van der Waals surface area contributed by atoms with E-state index in [-0.39, 0.29) is 0 Å². The number of hydrogen-bond acceptors (Lipinski definition) is 4. The molecule has 20 aromatic carbocycles. The molecule has 0 radical (unpaired) electrons. The monoisotopic (exact) mass is 1690 g/mol. The summed E-state index contributed by atoms with van der Waals surface area (Å²) < 4.78 is 13.6. The SMILES string of the molecule is Brc1ccc(-c2ccc(-c3ccccc3)cc2)cc1.c1ccc(-c2ccc(-c3ccc(N(c4ccc(-c5ccc6c(c5)oc5ccccc56)cc4)c4cccc5c4-c4ccccc4C5(c4ccccc4)c4ccccc4)cc3)cc2)cc1.c1ccc(C2(c3ccccc3)c3ccccc3-c3c(Nc4ccc(-c5ccc6c(c5)oc5ccccc56)cc4)cccc32)cc1. The first-order valence-corrected chi connectivity index (χ1v) is 44.1. The van der Waals surface area contributed by atoms with E-state index in [1.54, 1.807) is 0 Å². The third-order valence-corrected chi connectivity index (χ3v) is 26.0. The average Bonchev–Trinajstić information content (AvgIpc) is 1.54. The van der Waals surface area contributed by atoms with Gasteiger partial charge in [0.05, 0.1) is 16.5 Å². The van der Waals surface area contributed by atoms with E-state index in [0.29, 0.717) is 0 Å². The number of hydrogen-bond donors (Lipinski definition) is 1. The van der Waals surface area contributed by atoms with Gasteiger partial charge in [0.15, 0.2) is 0 Å². The molecule has 2 aromatic heterocycles. The van der Waals surface area contributed by atoms with E-state index in [2.05, 4.69) is 493 Å². The van der Waals surface area contributed by atoms with Gasteiger partial charge in [-0.15, -0.1) is 0 Å². The van der Waals surface area contributed by atoms with Crippen molar-refractivity contribution < 1.29 is 8.83 Å². The first-order valence-electron chi connectivity index (χ1n) is 43.3. The topological polar surface area (TPSA) is 41.6 Å². The standard InChI is InChI=1S/C61H41NO.C43H29NO.C18H13Br/c1-4-15-42(16-5-1)43-27-29-44(30-28-43)45-31-36-50(37-32-45)62(51-38-33-46(34-39-51)47-35-40-53-52-21-11-13-26-58(52)63-59(53)41-47)57-25-14-24-56-60(57)54-22-10-12-23-55(54)61(56,48-17-6-2-7-18-48)49-19-8-3-9-20-49;1-3-12-31(13-4-1)43(32-14-5-2-6-15-32)37-18-9-7-17-36(37)42-38(43)19-11-20-39(42)44-33-25-22-29(23-26-33)30-24-27-35-34-16-8-10-21-40(34)45-41(35)28-30;19-18-12-10-17(11-13-18)16-8-6-15(7-9-16)14-4-2-1-3-5-14/h1-41H;1-28,44H;1-13H. The highest BCUT2D eigenvalue weighted by Gasteiger charge is 2.49. The van der Waals surface area contributed by atoms with Crippen molar-refractivity contribution in [3.63, 3.8) is 0 Å². The van der Waals surface area contributed by atoms with E-state index in [9.17, 15) is 0 Å². The number of anilines is 5. The second-order valence-corrected chi connectivity index (χ2v) is 33.5. The summed E-state index contributed by atoms with van der Waals surface area (Å²) in [6.07, 6.45) is 0. The van der Waals surface area contributed by atoms with E-state index in [4.69, 9.17) is 8.83 Å². The third kappa shape index (κ3) is 14.1. The zero-order chi connectivity index (χ0) is 84.6. The molecule has 2 aliphatic carbocycles. The normalized spacial score (nSPS) is 12.4. The molecule has 0 saturated carbocycles. The molecular weight excluding hydrogens is 1610 g/mol. The Bertz CT molecular complexity index is 7630. The van der Waals surface area contributed by atoms with Crippen molar-refractivity contribution in [2.24, 2.45) is 0 Å². The van der Waals surface area contributed by atoms with Gasteiger partial charge >= 0.3 is 0 Å². The Kier molecular flexibility index (Phi) is 20.3. The van der Waals surface area contributed by atoms with Crippen LogP contribution in [-0.2, 0) is 10.8 Å². The summed E-state index contributed by atoms with van der Waals surface area (Å²) in [7, 11) is 0. The fraction of sp³-hybridized carbons (Fsp3) is 0.0164. The molecule has 0 atom stereocenters. The quantitative estimate of drug-likeness (QED) is 0.111. The zero-order valence-electron chi connectivity index (χ0n) is 69.5. The summed E-state index contributed by atoms with van der Waals surface area (Å²) >= 11 is 3.46. The van der Waals surface area contributed by atoms with Gasteiger partial charge in [-0.05, 0) is 219 Å². The molecule has 2 heterocycles. The van der Waals surface area contributed by atoms with Crippen LogP contribution in [0.1, 0.15) is 44.5 Å². The second kappa shape index (κ2) is 33.4. The molecule has 0 spiro atoms. The Hall–Kier alpha value is -15.9. The van der Waals surface area contributed by atoms with Crippen LogP contribution in [0.2, 0.25) is 0 Å². The van der Waals surface area contributed by atoms with Crippen LogP contribution in [0.15, 0.2) is 511 Å². The van der Waals surface area contributed by atoms with Gasteiger partial charge in [-0.3, -0.25) is 0 Å². The fourth-order valence-corrected chi connectivity index (χ4v) is 19.9. The van der Waals surface area contributed by atoms with Crippen LogP contribution in [0, 0.1) is 0 Å². The van der Waals surface area contributed by atoms with E-state index < -0.39 is 10.8 Å². The maximum atomic E-state index is 6.30. The Morgan fingerprint density at radius 1 is 0.213 bits per heavy atom. The second-order valence-electron chi connectivity index (χ2n) is 32.6. The third-order valence-electron chi connectivity index (χ3n) is 25.5. The van der Waals surface area contributed by atoms with Crippen LogP contribution in [0.25, 0.3) is 133 Å². The highest BCUT2D eigenvalue weighted by atomic mass is 79.9. The lowest BCUT2D eigenvalue weighted by molar-refractivity contribution is 0.668. The van der Waals surface area contributed by atoms with Gasteiger partial charge in [0, 0.05) is 59.9 Å².